The third kappa shape index (κ3) is 3.62. The monoisotopic (exact) mass is 274 g/mol. The lowest BCUT2D eigenvalue weighted by Gasteiger charge is -2.48. The molecule has 1 aromatic carbocycles. The molecule has 1 aliphatic heterocycles. The molecule has 1 heterocycles. The lowest BCUT2D eigenvalue weighted by molar-refractivity contribution is 0.0437. The Bertz CT molecular complexity index is 421. The number of rotatable bonds is 3. The van der Waals surface area contributed by atoms with Crippen molar-refractivity contribution in [1.29, 1.82) is 0 Å². The van der Waals surface area contributed by atoms with E-state index in [-0.39, 0.29) is 5.54 Å². The molecule has 0 spiro atoms. The van der Waals surface area contributed by atoms with Gasteiger partial charge in [0.15, 0.2) is 0 Å². The van der Waals surface area contributed by atoms with E-state index in [9.17, 15) is 0 Å². The third-order valence-electron chi connectivity index (χ3n) is 4.51. The van der Waals surface area contributed by atoms with E-state index in [0.717, 1.165) is 13.1 Å². The molecule has 20 heavy (non-hydrogen) atoms. The molecule has 1 N–H and O–H groups in total. The molecular formula is C18H30N2. The predicted octanol–water partition coefficient (Wildman–Crippen LogP) is 3.63. The molecule has 2 rings (SSSR count). The Morgan fingerprint density at radius 3 is 2.50 bits per heavy atom. The molecule has 0 aliphatic carbocycles. The van der Waals surface area contributed by atoms with Crippen LogP contribution in [0, 0.1) is 5.41 Å². The summed E-state index contributed by atoms with van der Waals surface area (Å²) < 4.78 is 0. The zero-order chi connectivity index (χ0) is 14.8. The summed E-state index contributed by atoms with van der Waals surface area (Å²) in [5.74, 6) is 0. The second kappa shape index (κ2) is 5.87. The normalized spacial score (nSPS) is 28.6. The topological polar surface area (TPSA) is 15.3 Å². The van der Waals surface area contributed by atoms with Crippen molar-refractivity contribution in [2.45, 2.75) is 52.6 Å². The molecule has 0 radical (unpaired) electrons. The molecule has 112 valence electrons. The van der Waals surface area contributed by atoms with Crippen LogP contribution in [0.2, 0.25) is 0 Å². The highest BCUT2D eigenvalue weighted by Gasteiger charge is 2.38. The molecule has 2 unspecified atom stereocenters. The van der Waals surface area contributed by atoms with Gasteiger partial charge < -0.3 is 5.32 Å². The number of benzene rings is 1. The van der Waals surface area contributed by atoms with Gasteiger partial charge in [0.1, 0.15) is 0 Å². The van der Waals surface area contributed by atoms with Crippen LogP contribution in [0.15, 0.2) is 30.3 Å². The number of piperazine rings is 1. The van der Waals surface area contributed by atoms with E-state index in [1.165, 1.54) is 18.5 Å². The van der Waals surface area contributed by atoms with E-state index in [1.54, 1.807) is 0 Å². The molecule has 1 aliphatic rings. The van der Waals surface area contributed by atoms with Crippen molar-refractivity contribution in [3.63, 3.8) is 0 Å². The molecule has 2 atom stereocenters. The zero-order valence-electron chi connectivity index (χ0n) is 13.7. The first-order valence-electron chi connectivity index (χ1n) is 7.85. The summed E-state index contributed by atoms with van der Waals surface area (Å²) in [4.78, 5) is 2.68. The van der Waals surface area contributed by atoms with Gasteiger partial charge >= 0.3 is 0 Å². The van der Waals surface area contributed by atoms with Crippen molar-refractivity contribution in [2.24, 2.45) is 5.41 Å². The minimum Gasteiger partial charge on any atom is -0.311 e. The summed E-state index contributed by atoms with van der Waals surface area (Å²) in [6, 6.07) is 11.5. The molecule has 1 saturated heterocycles. The number of nitrogens with zero attached hydrogens (tertiary/aromatic N) is 1. The van der Waals surface area contributed by atoms with Crippen molar-refractivity contribution >= 4 is 0 Å². The molecule has 2 nitrogen and oxygen atoms in total. The molecule has 1 fully saturated rings. The first-order valence-corrected chi connectivity index (χ1v) is 7.85. The van der Waals surface area contributed by atoms with Crippen LogP contribution in [-0.4, -0.2) is 30.6 Å². The Morgan fingerprint density at radius 2 is 1.90 bits per heavy atom. The maximum absolute atomic E-state index is 3.66. The maximum Gasteiger partial charge on any atom is 0.0558 e. The summed E-state index contributed by atoms with van der Waals surface area (Å²) in [5, 5.41) is 3.66. The fourth-order valence-corrected chi connectivity index (χ4v) is 2.97. The van der Waals surface area contributed by atoms with E-state index in [4.69, 9.17) is 0 Å². The van der Waals surface area contributed by atoms with Crippen LogP contribution in [0.25, 0.3) is 0 Å². The van der Waals surface area contributed by atoms with Crippen molar-refractivity contribution in [3.05, 3.63) is 35.9 Å². The first kappa shape index (κ1) is 15.5. The van der Waals surface area contributed by atoms with Crippen molar-refractivity contribution in [3.8, 4) is 0 Å². The van der Waals surface area contributed by atoms with Gasteiger partial charge in [-0.3, -0.25) is 4.90 Å². The van der Waals surface area contributed by atoms with Gasteiger partial charge in [-0.05, 0) is 37.8 Å². The van der Waals surface area contributed by atoms with E-state index in [0.29, 0.717) is 11.5 Å². The highest BCUT2D eigenvalue weighted by Crippen LogP contribution is 2.32. The van der Waals surface area contributed by atoms with Gasteiger partial charge in [-0.15, -0.1) is 0 Å². The molecule has 0 amide bonds. The molecule has 0 bridgehead atoms. The number of hydrogen-bond acceptors (Lipinski definition) is 2. The van der Waals surface area contributed by atoms with E-state index in [2.05, 4.69) is 75.2 Å². The smallest absolute Gasteiger partial charge is 0.0558 e. The minimum absolute atomic E-state index is 0.110. The van der Waals surface area contributed by atoms with Gasteiger partial charge in [0.2, 0.25) is 0 Å². The Labute approximate surface area is 124 Å². The van der Waals surface area contributed by atoms with Crippen molar-refractivity contribution in [1.82, 2.24) is 10.2 Å². The highest BCUT2D eigenvalue weighted by atomic mass is 15.3. The lowest BCUT2D eigenvalue weighted by atomic mass is 9.85. The van der Waals surface area contributed by atoms with Crippen LogP contribution in [0.4, 0.5) is 0 Å². The fraction of sp³-hybridized carbons (Fsp3) is 0.667. The van der Waals surface area contributed by atoms with E-state index < -0.39 is 0 Å². The minimum atomic E-state index is 0.110. The Balaban J connectivity index is 2.19. The van der Waals surface area contributed by atoms with Gasteiger partial charge in [-0.25, -0.2) is 0 Å². The molecule has 2 heteroatoms. The quantitative estimate of drug-likeness (QED) is 0.905. The molecular weight excluding hydrogens is 244 g/mol. The number of hydrogen-bond donors (Lipinski definition) is 1. The van der Waals surface area contributed by atoms with E-state index in [1.807, 2.05) is 0 Å². The van der Waals surface area contributed by atoms with Crippen LogP contribution in [-0.2, 0) is 5.54 Å². The summed E-state index contributed by atoms with van der Waals surface area (Å²) in [5.41, 5.74) is 1.93. The Morgan fingerprint density at radius 1 is 1.25 bits per heavy atom. The van der Waals surface area contributed by atoms with E-state index >= 15 is 0 Å². The van der Waals surface area contributed by atoms with Crippen LogP contribution >= 0.6 is 0 Å². The van der Waals surface area contributed by atoms with Crippen LogP contribution in [0.1, 0.15) is 46.6 Å². The summed E-state index contributed by atoms with van der Waals surface area (Å²) in [7, 11) is 0. The van der Waals surface area contributed by atoms with Gasteiger partial charge in [0.25, 0.3) is 0 Å². The summed E-state index contributed by atoms with van der Waals surface area (Å²) in [6.45, 7) is 15.0. The highest BCUT2D eigenvalue weighted by molar-refractivity contribution is 5.25. The van der Waals surface area contributed by atoms with Crippen molar-refractivity contribution < 1.29 is 0 Å². The zero-order valence-corrected chi connectivity index (χ0v) is 13.7. The van der Waals surface area contributed by atoms with Gasteiger partial charge in [-0.1, -0.05) is 51.1 Å². The van der Waals surface area contributed by atoms with Crippen LogP contribution in [0.3, 0.4) is 0 Å². The number of nitrogens with one attached hydrogen (secondary N) is 1. The van der Waals surface area contributed by atoms with Crippen LogP contribution in [0.5, 0.6) is 0 Å². The molecule has 0 saturated carbocycles. The van der Waals surface area contributed by atoms with Gasteiger partial charge in [-0.2, -0.15) is 0 Å². The molecule has 0 aromatic heterocycles. The maximum atomic E-state index is 3.66. The fourth-order valence-electron chi connectivity index (χ4n) is 2.97. The second-order valence-corrected chi connectivity index (χ2v) is 7.68. The third-order valence-corrected chi connectivity index (χ3v) is 4.51. The lowest BCUT2D eigenvalue weighted by Crippen LogP contribution is -2.61. The Hall–Kier alpha value is -0.860. The standard InChI is InChI=1S/C18H30N2/c1-15-13-20(12-11-17(2,3)4)18(5,14-19-15)16-9-7-6-8-10-16/h6-10,15,19H,11-14H2,1-5H3. The summed E-state index contributed by atoms with van der Waals surface area (Å²) >= 11 is 0. The largest absolute Gasteiger partial charge is 0.311 e. The van der Waals surface area contributed by atoms with Crippen LogP contribution < -0.4 is 5.32 Å². The first-order chi connectivity index (χ1) is 9.31. The SMILES string of the molecule is CC1CN(CCC(C)(C)C)C(C)(c2ccccc2)CN1. The van der Waals surface area contributed by atoms with Gasteiger partial charge in [0.05, 0.1) is 5.54 Å². The van der Waals surface area contributed by atoms with Gasteiger partial charge in [0, 0.05) is 19.1 Å². The second-order valence-electron chi connectivity index (χ2n) is 7.68. The molecule has 1 aromatic rings. The average Bonchev–Trinajstić information content (AvgIpc) is 2.40. The summed E-state index contributed by atoms with van der Waals surface area (Å²) in [6.07, 6.45) is 1.24. The average molecular weight is 274 g/mol. The Kier molecular flexibility index (Phi) is 4.55. The predicted molar refractivity (Wildman–Crippen MR) is 86.9 cm³/mol. The van der Waals surface area contributed by atoms with Crippen molar-refractivity contribution in [2.75, 3.05) is 19.6 Å².